The molecule has 0 bridgehead atoms. The van der Waals surface area contributed by atoms with Crippen molar-refractivity contribution >= 4 is 22.3 Å². The Hall–Kier alpha value is -2.50. The molecule has 12 heteroatoms. The van der Waals surface area contributed by atoms with E-state index in [1.54, 1.807) is 0 Å². The summed E-state index contributed by atoms with van der Waals surface area (Å²) in [6.07, 6.45) is -8.43. The van der Waals surface area contributed by atoms with Gasteiger partial charge in [0.05, 0.1) is 10.8 Å². The molecule has 0 saturated heterocycles. The quantitative estimate of drug-likeness (QED) is 0.376. The lowest BCUT2D eigenvalue weighted by Gasteiger charge is -2.17. The van der Waals surface area contributed by atoms with Gasteiger partial charge in [-0.15, -0.1) is 0 Å². The van der Waals surface area contributed by atoms with E-state index in [0.29, 0.717) is 0 Å². The van der Waals surface area contributed by atoms with Crippen LogP contribution in [0.4, 0.5) is 36.4 Å². The van der Waals surface area contributed by atoms with Gasteiger partial charge in [0.1, 0.15) is 28.8 Å². The molecule has 1 heterocycles. The number of nitrogens with zero attached hydrogens (tertiary/aromatic N) is 3. The molecule has 30 heavy (non-hydrogen) atoms. The smallest absolute Gasteiger partial charge is 0.362 e. The number of aromatic nitrogens is 1. The molecule has 0 spiro atoms. The molecule has 4 nitrogen and oxygen atoms in total. The van der Waals surface area contributed by atoms with E-state index in [1.807, 2.05) is 0 Å². The molecule has 164 valence electrons. The number of aryl methyl sites for hydroxylation is 1. The number of halogens is 7. The van der Waals surface area contributed by atoms with Crippen molar-refractivity contribution in [3.8, 4) is 0 Å². The Bertz CT molecular complexity index is 967. The van der Waals surface area contributed by atoms with E-state index >= 15 is 0 Å². The highest BCUT2D eigenvalue weighted by Crippen LogP contribution is 2.30. The van der Waals surface area contributed by atoms with E-state index in [1.165, 1.54) is 25.9 Å². The van der Waals surface area contributed by atoms with E-state index < -0.39 is 46.1 Å². The largest absolute Gasteiger partial charge is 0.433 e. The summed E-state index contributed by atoms with van der Waals surface area (Å²) < 4.78 is 102. The molecule has 0 aliphatic rings. The highest BCUT2D eigenvalue weighted by atomic mass is 32.2. The van der Waals surface area contributed by atoms with Crippen molar-refractivity contribution in [2.45, 2.75) is 24.2 Å². The average Bonchev–Trinajstić information content (AvgIpc) is 2.58. The molecule has 1 unspecified atom stereocenters. The van der Waals surface area contributed by atoms with Crippen LogP contribution in [-0.4, -0.2) is 46.0 Å². The Morgan fingerprint density at radius 3 is 2.23 bits per heavy atom. The van der Waals surface area contributed by atoms with Gasteiger partial charge in [0.25, 0.3) is 0 Å². The molecule has 2 rings (SSSR count). The Labute approximate surface area is 169 Å². The number of benzene rings is 1. The van der Waals surface area contributed by atoms with E-state index in [2.05, 4.69) is 9.98 Å². The predicted octanol–water partition coefficient (Wildman–Crippen LogP) is 4.86. The SMILES string of the molecule is Cc1cc(F)c(N=C(c2ccc(C(F)(F)F)nc2)N(C)C)cc1S(=O)CC(F)(F)F. The van der Waals surface area contributed by atoms with Crippen molar-refractivity contribution in [2.75, 3.05) is 19.8 Å². The Balaban J connectivity index is 2.52. The molecule has 0 fully saturated rings. The molecular weight excluding hydrogens is 439 g/mol. The zero-order valence-electron chi connectivity index (χ0n) is 15.9. The second-order valence-electron chi connectivity index (χ2n) is 6.43. The summed E-state index contributed by atoms with van der Waals surface area (Å²) in [5.74, 6) is -2.49. The number of amidine groups is 1. The fourth-order valence-corrected chi connectivity index (χ4v) is 3.54. The first-order valence-corrected chi connectivity index (χ1v) is 9.56. The molecule has 0 aliphatic heterocycles. The van der Waals surface area contributed by atoms with Crippen molar-refractivity contribution in [3.63, 3.8) is 0 Å². The molecule has 0 amide bonds. The summed E-state index contributed by atoms with van der Waals surface area (Å²) in [4.78, 5) is 8.48. The number of aliphatic imine (C=N–C) groups is 1. The number of hydrogen-bond donors (Lipinski definition) is 0. The van der Waals surface area contributed by atoms with Crippen LogP contribution < -0.4 is 0 Å². The average molecular weight is 455 g/mol. The first-order valence-electron chi connectivity index (χ1n) is 8.24. The molecule has 0 radical (unpaired) electrons. The molecule has 2 aromatic rings. The van der Waals surface area contributed by atoms with Crippen molar-refractivity contribution in [2.24, 2.45) is 4.99 Å². The minimum atomic E-state index is -4.68. The van der Waals surface area contributed by atoms with Crippen LogP contribution in [0.3, 0.4) is 0 Å². The van der Waals surface area contributed by atoms with Gasteiger partial charge < -0.3 is 4.90 Å². The first-order chi connectivity index (χ1) is 13.7. The van der Waals surface area contributed by atoms with Crippen molar-refractivity contribution in [3.05, 3.63) is 53.1 Å². The summed E-state index contributed by atoms with van der Waals surface area (Å²) in [5.41, 5.74) is -1.37. The van der Waals surface area contributed by atoms with Crippen LogP contribution in [0.5, 0.6) is 0 Å². The summed E-state index contributed by atoms with van der Waals surface area (Å²) in [7, 11) is 0.505. The van der Waals surface area contributed by atoms with Crippen LogP contribution in [0.1, 0.15) is 16.8 Å². The zero-order valence-corrected chi connectivity index (χ0v) is 16.7. The standard InChI is InChI=1S/C18H16F7N3OS/c1-10-6-12(19)13(7-14(10)30(29)9-17(20,21)22)27-16(28(2)3)11-4-5-15(26-8-11)18(23,24)25/h4-8H,9H2,1-3H3. The van der Waals surface area contributed by atoms with Crippen LogP contribution >= 0.6 is 0 Å². The highest BCUT2D eigenvalue weighted by Gasteiger charge is 2.33. The number of pyridine rings is 1. The van der Waals surface area contributed by atoms with E-state index in [-0.39, 0.29) is 21.9 Å². The van der Waals surface area contributed by atoms with E-state index in [9.17, 15) is 34.9 Å². The second kappa shape index (κ2) is 8.70. The fourth-order valence-electron chi connectivity index (χ4n) is 2.43. The van der Waals surface area contributed by atoms with Gasteiger partial charge in [-0.1, -0.05) is 0 Å². The van der Waals surface area contributed by atoms with Crippen molar-refractivity contribution < 1.29 is 34.9 Å². The zero-order chi connectivity index (χ0) is 22.9. The summed E-state index contributed by atoms with van der Waals surface area (Å²) in [6.45, 7) is 1.31. The summed E-state index contributed by atoms with van der Waals surface area (Å²) in [5, 5.41) is 0. The highest BCUT2D eigenvalue weighted by molar-refractivity contribution is 7.85. The third kappa shape index (κ3) is 6.00. The third-order valence-corrected chi connectivity index (χ3v) is 5.27. The number of alkyl halides is 6. The van der Waals surface area contributed by atoms with Gasteiger partial charge in [-0.3, -0.25) is 9.19 Å². The minimum Gasteiger partial charge on any atom is -0.362 e. The van der Waals surface area contributed by atoms with Crippen LogP contribution in [0.15, 0.2) is 40.4 Å². The van der Waals surface area contributed by atoms with Gasteiger partial charge in [-0.05, 0) is 36.8 Å². The van der Waals surface area contributed by atoms with Gasteiger partial charge in [0, 0.05) is 30.8 Å². The molecule has 1 aromatic carbocycles. The summed E-state index contributed by atoms with van der Waals surface area (Å²) in [6, 6.07) is 3.65. The van der Waals surface area contributed by atoms with Crippen molar-refractivity contribution in [1.29, 1.82) is 0 Å². The lowest BCUT2D eigenvalue weighted by atomic mass is 10.2. The lowest BCUT2D eigenvalue weighted by molar-refractivity contribution is -0.141. The topological polar surface area (TPSA) is 45.6 Å². The molecule has 1 atom stereocenters. The van der Waals surface area contributed by atoms with Gasteiger partial charge in [0.2, 0.25) is 0 Å². The summed E-state index contributed by atoms with van der Waals surface area (Å²) >= 11 is 0. The van der Waals surface area contributed by atoms with Crippen LogP contribution in [0.25, 0.3) is 0 Å². The van der Waals surface area contributed by atoms with Gasteiger partial charge in [0.15, 0.2) is 0 Å². The maximum Gasteiger partial charge on any atom is 0.433 e. The second-order valence-corrected chi connectivity index (χ2v) is 7.85. The fraction of sp³-hybridized carbons (Fsp3) is 0.333. The van der Waals surface area contributed by atoms with Crippen molar-refractivity contribution in [1.82, 2.24) is 9.88 Å². The monoisotopic (exact) mass is 455 g/mol. The number of rotatable bonds is 4. The van der Waals surface area contributed by atoms with E-state index in [0.717, 1.165) is 30.5 Å². The van der Waals surface area contributed by atoms with Crippen LogP contribution in [-0.2, 0) is 17.0 Å². The van der Waals surface area contributed by atoms with Crippen LogP contribution in [0, 0.1) is 12.7 Å². The Kier molecular flexibility index (Phi) is 6.90. The maximum atomic E-state index is 14.4. The molecule has 1 aromatic heterocycles. The van der Waals surface area contributed by atoms with E-state index in [4.69, 9.17) is 0 Å². The Morgan fingerprint density at radius 1 is 1.13 bits per heavy atom. The Morgan fingerprint density at radius 2 is 1.77 bits per heavy atom. The molecule has 0 N–H and O–H groups in total. The lowest BCUT2D eigenvalue weighted by Crippen LogP contribution is -2.23. The maximum absolute atomic E-state index is 14.4. The molecule has 0 saturated carbocycles. The molecular formula is C18H16F7N3OS. The normalized spacial score (nSPS) is 14.0. The first kappa shape index (κ1) is 23.8. The third-order valence-electron chi connectivity index (χ3n) is 3.75. The molecule has 0 aliphatic carbocycles. The predicted molar refractivity (Wildman–Crippen MR) is 97.6 cm³/mol. The number of hydrogen-bond acceptors (Lipinski definition) is 3. The van der Waals surface area contributed by atoms with Gasteiger partial charge in [-0.2, -0.15) is 26.3 Å². The minimum absolute atomic E-state index is 0.00605. The van der Waals surface area contributed by atoms with Crippen LogP contribution in [0.2, 0.25) is 0 Å². The van der Waals surface area contributed by atoms with Gasteiger partial charge in [-0.25, -0.2) is 9.38 Å². The van der Waals surface area contributed by atoms with Gasteiger partial charge >= 0.3 is 12.4 Å².